The maximum atomic E-state index is 12.7. The van der Waals surface area contributed by atoms with Crippen molar-refractivity contribution in [1.29, 1.82) is 0 Å². The molecule has 4 aromatic rings. The average Bonchev–Trinajstić information content (AvgIpc) is 3.51. The van der Waals surface area contributed by atoms with Crippen LogP contribution in [0.25, 0.3) is 22.3 Å². The molecule has 2 aromatic carbocycles. The Labute approximate surface area is 207 Å². The number of hydrogen-bond acceptors (Lipinski definition) is 8. The van der Waals surface area contributed by atoms with E-state index in [9.17, 15) is 9.90 Å². The first-order chi connectivity index (χ1) is 17.6. The molecule has 1 amide bonds. The molecule has 3 unspecified atom stereocenters. The van der Waals surface area contributed by atoms with Crippen molar-refractivity contribution in [2.75, 3.05) is 17.6 Å². The number of aliphatic hydroxyl groups is 1. The summed E-state index contributed by atoms with van der Waals surface area (Å²) in [7, 11) is 0. The lowest BCUT2D eigenvalue weighted by molar-refractivity contribution is -0.127. The molecule has 1 saturated carbocycles. The van der Waals surface area contributed by atoms with Crippen molar-refractivity contribution in [2.45, 2.75) is 44.1 Å². The van der Waals surface area contributed by atoms with Gasteiger partial charge in [0.05, 0.1) is 29.8 Å². The van der Waals surface area contributed by atoms with Crippen LogP contribution in [0.5, 0.6) is 5.75 Å². The Morgan fingerprint density at radius 2 is 2.00 bits per heavy atom. The molecule has 10 nitrogen and oxygen atoms in total. The summed E-state index contributed by atoms with van der Waals surface area (Å²) in [5.41, 5.74) is 10.3. The van der Waals surface area contributed by atoms with Gasteiger partial charge in [0.25, 0.3) is 5.91 Å². The van der Waals surface area contributed by atoms with Gasteiger partial charge in [0.15, 0.2) is 11.8 Å². The standard InChI is InChI=1S/C26H27N7O3/c27-24-22-23(32-33(25(22)31-14-30-24)17-9-10-18(34)11-17)16-7-5-15(6-8-16)12-29-26(35)21-13-28-19-3-1-2-4-20(19)36-21/h1-8,14,17-18,21,28,34H,9-13H2,(H,29,35)(H2,27,30,31). The van der Waals surface area contributed by atoms with Crippen LogP contribution in [0.1, 0.15) is 30.9 Å². The summed E-state index contributed by atoms with van der Waals surface area (Å²) < 4.78 is 7.72. The van der Waals surface area contributed by atoms with E-state index >= 15 is 0 Å². The number of carbonyl (C=O) groups is 1. The second kappa shape index (κ2) is 9.12. The summed E-state index contributed by atoms with van der Waals surface area (Å²) in [6, 6.07) is 15.5. The molecule has 1 fully saturated rings. The number of amides is 1. The van der Waals surface area contributed by atoms with Crippen molar-refractivity contribution in [3.63, 3.8) is 0 Å². The molecule has 0 radical (unpaired) electrons. The van der Waals surface area contributed by atoms with E-state index in [1.165, 1.54) is 6.33 Å². The number of rotatable bonds is 5. The van der Waals surface area contributed by atoms with Gasteiger partial charge in [-0.05, 0) is 37.0 Å². The van der Waals surface area contributed by atoms with Gasteiger partial charge in [-0.3, -0.25) is 4.79 Å². The largest absolute Gasteiger partial charge is 0.477 e. The van der Waals surface area contributed by atoms with Gasteiger partial charge in [-0.2, -0.15) is 5.10 Å². The number of fused-ring (bicyclic) bond motifs is 2. The summed E-state index contributed by atoms with van der Waals surface area (Å²) in [5, 5.41) is 21.8. The van der Waals surface area contributed by atoms with E-state index in [0.717, 1.165) is 29.7 Å². The lowest BCUT2D eigenvalue weighted by atomic mass is 10.1. The van der Waals surface area contributed by atoms with Gasteiger partial charge in [0.2, 0.25) is 0 Å². The average molecular weight is 486 g/mol. The molecular formula is C26H27N7O3. The molecule has 0 saturated heterocycles. The van der Waals surface area contributed by atoms with E-state index in [2.05, 4.69) is 20.6 Å². The fraction of sp³-hybridized carbons (Fsp3) is 0.308. The molecule has 2 aliphatic rings. The Kier molecular flexibility index (Phi) is 5.65. The fourth-order valence-electron chi connectivity index (χ4n) is 4.95. The number of nitrogens with two attached hydrogens (primary N) is 1. The van der Waals surface area contributed by atoms with Crippen LogP contribution >= 0.6 is 0 Å². The molecule has 1 aliphatic heterocycles. The number of benzene rings is 2. The molecule has 36 heavy (non-hydrogen) atoms. The highest BCUT2D eigenvalue weighted by Crippen LogP contribution is 2.36. The van der Waals surface area contributed by atoms with E-state index in [4.69, 9.17) is 15.6 Å². The van der Waals surface area contributed by atoms with Crippen LogP contribution in [0.15, 0.2) is 54.9 Å². The number of hydrogen-bond donors (Lipinski definition) is 4. The lowest BCUT2D eigenvalue weighted by Crippen LogP contribution is -2.44. The summed E-state index contributed by atoms with van der Waals surface area (Å²) in [5.74, 6) is 0.878. The first-order valence-corrected chi connectivity index (χ1v) is 12.1. The van der Waals surface area contributed by atoms with Gasteiger partial charge in [-0.25, -0.2) is 14.6 Å². The number of nitrogens with one attached hydrogen (secondary N) is 2. The normalized spacial score (nSPS) is 21.0. The van der Waals surface area contributed by atoms with Gasteiger partial charge in [-0.1, -0.05) is 36.4 Å². The highest BCUT2D eigenvalue weighted by atomic mass is 16.5. The number of aliphatic hydroxyl groups excluding tert-OH is 1. The number of para-hydroxylation sites is 2. The van der Waals surface area contributed by atoms with Crippen LogP contribution in [-0.4, -0.2) is 49.5 Å². The molecule has 10 heteroatoms. The van der Waals surface area contributed by atoms with Crippen LogP contribution in [-0.2, 0) is 11.3 Å². The minimum atomic E-state index is -0.591. The van der Waals surface area contributed by atoms with Crippen molar-refractivity contribution in [2.24, 2.45) is 0 Å². The summed E-state index contributed by atoms with van der Waals surface area (Å²) in [4.78, 5) is 21.3. The Bertz CT molecular complexity index is 1420. The lowest BCUT2D eigenvalue weighted by Gasteiger charge is -2.26. The minimum absolute atomic E-state index is 0.0727. The van der Waals surface area contributed by atoms with Gasteiger partial charge in [0.1, 0.15) is 23.6 Å². The number of anilines is 2. The molecule has 184 valence electrons. The predicted octanol–water partition coefficient (Wildman–Crippen LogP) is 2.65. The van der Waals surface area contributed by atoms with Crippen LogP contribution < -0.4 is 21.1 Å². The smallest absolute Gasteiger partial charge is 0.263 e. The first-order valence-electron chi connectivity index (χ1n) is 12.1. The Hall–Kier alpha value is -4.18. The van der Waals surface area contributed by atoms with Crippen molar-refractivity contribution >= 4 is 28.4 Å². The second-order valence-electron chi connectivity index (χ2n) is 9.27. The minimum Gasteiger partial charge on any atom is -0.477 e. The van der Waals surface area contributed by atoms with E-state index < -0.39 is 6.10 Å². The molecule has 3 atom stereocenters. The van der Waals surface area contributed by atoms with Crippen molar-refractivity contribution in [3.8, 4) is 17.0 Å². The quantitative estimate of drug-likeness (QED) is 0.338. The molecule has 6 rings (SSSR count). The fourth-order valence-corrected chi connectivity index (χ4v) is 4.95. The zero-order chi connectivity index (χ0) is 24.6. The molecular weight excluding hydrogens is 458 g/mol. The summed E-state index contributed by atoms with van der Waals surface area (Å²) >= 11 is 0. The maximum Gasteiger partial charge on any atom is 0.263 e. The number of nitrogens with zero attached hydrogens (tertiary/aromatic N) is 4. The van der Waals surface area contributed by atoms with Crippen molar-refractivity contribution in [1.82, 2.24) is 25.1 Å². The second-order valence-corrected chi connectivity index (χ2v) is 9.27. The van der Waals surface area contributed by atoms with Gasteiger partial charge in [-0.15, -0.1) is 0 Å². The maximum absolute atomic E-state index is 12.7. The van der Waals surface area contributed by atoms with Crippen LogP contribution in [0, 0.1) is 0 Å². The topological polar surface area (TPSA) is 140 Å². The van der Waals surface area contributed by atoms with E-state index in [1.807, 2.05) is 53.2 Å². The van der Waals surface area contributed by atoms with E-state index in [1.54, 1.807) is 0 Å². The van der Waals surface area contributed by atoms with Crippen molar-refractivity contribution in [3.05, 3.63) is 60.4 Å². The molecule has 0 spiro atoms. The summed E-state index contributed by atoms with van der Waals surface area (Å²) in [6.07, 6.45) is 2.76. The van der Waals surface area contributed by atoms with E-state index in [-0.39, 0.29) is 18.1 Å². The zero-order valence-electron chi connectivity index (χ0n) is 19.6. The van der Waals surface area contributed by atoms with Crippen LogP contribution in [0.2, 0.25) is 0 Å². The van der Waals surface area contributed by atoms with Gasteiger partial charge in [0, 0.05) is 12.1 Å². The highest BCUT2D eigenvalue weighted by Gasteiger charge is 2.29. The predicted molar refractivity (Wildman–Crippen MR) is 135 cm³/mol. The van der Waals surface area contributed by atoms with E-state index in [0.29, 0.717) is 47.8 Å². The third kappa shape index (κ3) is 4.09. The highest BCUT2D eigenvalue weighted by molar-refractivity contribution is 5.98. The van der Waals surface area contributed by atoms with Crippen LogP contribution in [0.3, 0.4) is 0 Å². The van der Waals surface area contributed by atoms with Gasteiger partial charge >= 0.3 is 0 Å². The third-order valence-corrected chi connectivity index (χ3v) is 6.86. The Morgan fingerprint density at radius 3 is 2.81 bits per heavy atom. The molecule has 3 heterocycles. The monoisotopic (exact) mass is 485 g/mol. The molecule has 1 aliphatic carbocycles. The zero-order valence-corrected chi connectivity index (χ0v) is 19.6. The first kappa shape index (κ1) is 22.3. The van der Waals surface area contributed by atoms with Crippen molar-refractivity contribution < 1.29 is 14.6 Å². The number of carbonyl (C=O) groups excluding carboxylic acids is 1. The van der Waals surface area contributed by atoms with Gasteiger partial charge < -0.3 is 26.2 Å². The SMILES string of the molecule is Nc1ncnc2c1c(-c1ccc(CNC(=O)C3CNc4ccccc4O3)cc1)nn2C1CCC(O)C1. The summed E-state index contributed by atoms with van der Waals surface area (Å²) in [6.45, 7) is 0.792. The number of aromatic nitrogens is 4. The third-order valence-electron chi connectivity index (χ3n) is 6.86. The molecule has 2 aromatic heterocycles. The number of nitrogen functional groups attached to an aromatic ring is 1. The Balaban J connectivity index is 1.18. The number of ether oxygens (including phenoxy) is 1. The Morgan fingerprint density at radius 1 is 1.17 bits per heavy atom. The molecule has 5 N–H and O–H groups in total. The molecule has 0 bridgehead atoms. The van der Waals surface area contributed by atoms with Crippen LogP contribution in [0.4, 0.5) is 11.5 Å².